The van der Waals surface area contributed by atoms with Gasteiger partial charge in [-0.15, -0.1) is 37.2 Å². The predicted molar refractivity (Wildman–Crippen MR) is 108 cm³/mol. The van der Waals surface area contributed by atoms with E-state index < -0.39 is 5.54 Å². The molecule has 5 nitrogen and oxygen atoms in total. The van der Waals surface area contributed by atoms with Crippen LogP contribution in [-0.2, 0) is 4.79 Å². The molecule has 1 aliphatic carbocycles. The molecule has 3 N–H and O–H groups in total. The molecule has 0 aromatic carbocycles. The van der Waals surface area contributed by atoms with Gasteiger partial charge in [-0.25, -0.2) is 0 Å². The molecule has 2 rings (SSSR count). The number of carbonyl (C=O) groups excluding carboxylic acids is 1. The van der Waals surface area contributed by atoms with E-state index in [0.29, 0.717) is 0 Å². The molecule has 0 radical (unpaired) electrons. The van der Waals surface area contributed by atoms with Crippen LogP contribution in [0, 0.1) is 0 Å². The quantitative estimate of drug-likeness (QED) is 0.664. The first kappa shape index (κ1) is 26.4. The van der Waals surface area contributed by atoms with Gasteiger partial charge in [0.05, 0.1) is 5.54 Å². The monoisotopic (exact) mass is 404 g/mol. The van der Waals surface area contributed by atoms with Gasteiger partial charge in [-0.2, -0.15) is 0 Å². The molecule has 24 heavy (non-hydrogen) atoms. The van der Waals surface area contributed by atoms with Crippen LogP contribution in [0.5, 0.6) is 0 Å². The first-order valence-corrected chi connectivity index (χ1v) is 8.66. The van der Waals surface area contributed by atoms with Crippen LogP contribution in [-0.4, -0.2) is 67.1 Å². The van der Waals surface area contributed by atoms with E-state index >= 15 is 0 Å². The van der Waals surface area contributed by atoms with Crippen molar-refractivity contribution in [1.29, 1.82) is 0 Å². The van der Waals surface area contributed by atoms with Crippen molar-refractivity contribution < 1.29 is 4.79 Å². The molecule has 0 bridgehead atoms. The van der Waals surface area contributed by atoms with Gasteiger partial charge in [-0.05, 0) is 32.4 Å². The third-order valence-corrected chi connectivity index (χ3v) is 5.05. The summed E-state index contributed by atoms with van der Waals surface area (Å²) in [5, 5.41) is 3.05. The molecule has 0 aromatic heterocycles. The molecule has 2 aliphatic rings. The maximum absolute atomic E-state index is 12.2. The number of piperazine rings is 1. The van der Waals surface area contributed by atoms with Gasteiger partial charge in [-0.1, -0.05) is 26.2 Å². The molecule has 1 amide bonds. The smallest absolute Gasteiger partial charge is 0.240 e. The van der Waals surface area contributed by atoms with Crippen LogP contribution >= 0.6 is 37.2 Å². The highest BCUT2D eigenvalue weighted by Crippen LogP contribution is 2.25. The van der Waals surface area contributed by atoms with Gasteiger partial charge in [-0.3, -0.25) is 4.79 Å². The highest BCUT2D eigenvalue weighted by atomic mass is 35.5. The fraction of sp³-hybridized carbons (Fsp3) is 0.938. The van der Waals surface area contributed by atoms with E-state index in [1.165, 1.54) is 19.5 Å². The van der Waals surface area contributed by atoms with E-state index in [9.17, 15) is 4.79 Å². The summed E-state index contributed by atoms with van der Waals surface area (Å²) in [7, 11) is 0. The summed E-state index contributed by atoms with van der Waals surface area (Å²) in [4.78, 5) is 17.2. The molecule has 0 aromatic rings. The zero-order chi connectivity index (χ0) is 15.1. The molecule has 0 spiro atoms. The highest BCUT2D eigenvalue weighted by molar-refractivity contribution is 5.86. The normalized spacial score (nSPS) is 20.9. The molecule has 1 saturated heterocycles. The summed E-state index contributed by atoms with van der Waals surface area (Å²) >= 11 is 0. The Balaban J connectivity index is 0. The van der Waals surface area contributed by atoms with E-state index in [1.54, 1.807) is 0 Å². The second-order valence-electron chi connectivity index (χ2n) is 6.60. The zero-order valence-electron chi connectivity index (χ0n) is 14.8. The Labute approximate surface area is 165 Å². The number of nitrogens with zero attached hydrogens (tertiary/aromatic N) is 2. The minimum absolute atomic E-state index is 0. The number of nitrogens with one attached hydrogen (secondary N) is 1. The van der Waals surface area contributed by atoms with Gasteiger partial charge >= 0.3 is 0 Å². The Kier molecular flexibility index (Phi) is 14.8. The molecular weight excluding hydrogens is 371 g/mol. The lowest BCUT2D eigenvalue weighted by Gasteiger charge is -2.34. The van der Waals surface area contributed by atoms with Crippen LogP contribution in [0.4, 0.5) is 0 Å². The lowest BCUT2D eigenvalue weighted by molar-refractivity contribution is -0.127. The minimum Gasteiger partial charge on any atom is -0.354 e. The van der Waals surface area contributed by atoms with Crippen LogP contribution in [0.1, 0.15) is 45.4 Å². The van der Waals surface area contributed by atoms with E-state index in [1.807, 2.05) is 0 Å². The van der Waals surface area contributed by atoms with Crippen molar-refractivity contribution in [2.24, 2.45) is 5.73 Å². The van der Waals surface area contributed by atoms with Crippen LogP contribution in [0.25, 0.3) is 0 Å². The number of amides is 1. The summed E-state index contributed by atoms with van der Waals surface area (Å²) in [6, 6.07) is 0. The van der Waals surface area contributed by atoms with Crippen molar-refractivity contribution in [3.8, 4) is 0 Å². The van der Waals surface area contributed by atoms with Crippen LogP contribution in [0.3, 0.4) is 0 Å². The number of hydrogen-bond donors (Lipinski definition) is 2. The topological polar surface area (TPSA) is 61.6 Å². The SMILES string of the molecule is CCN1CCN(CCCNC(=O)C2(N)CCCCC2)CC1.Cl.Cl.Cl. The average molecular weight is 406 g/mol. The number of carbonyl (C=O) groups is 1. The molecule has 1 saturated carbocycles. The van der Waals surface area contributed by atoms with Crippen molar-refractivity contribution in [1.82, 2.24) is 15.1 Å². The average Bonchev–Trinajstić information content (AvgIpc) is 2.52. The second kappa shape index (κ2) is 13.4. The fourth-order valence-electron chi connectivity index (χ4n) is 3.42. The van der Waals surface area contributed by atoms with Crippen molar-refractivity contribution in [2.45, 2.75) is 51.0 Å². The van der Waals surface area contributed by atoms with E-state index in [-0.39, 0.29) is 43.1 Å². The highest BCUT2D eigenvalue weighted by Gasteiger charge is 2.34. The van der Waals surface area contributed by atoms with Crippen LogP contribution < -0.4 is 11.1 Å². The summed E-state index contributed by atoms with van der Waals surface area (Å²) in [6.07, 6.45) is 6.11. The largest absolute Gasteiger partial charge is 0.354 e. The second-order valence-corrected chi connectivity index (χ2v) is 6.60. The Morgan fingerprint density at radius 3 is 2.08 bits per heavy atom. The third-order valence-electron chi connectivity index (χ3n) is 5.05. The summed E-state index contributed by atoms with van der Waals surface area (Å²) in [5.41, 5.74) is 5.64. The van der Waals surface area contributed by atoms with E-state index in [4.69, 9.17) is 5.73 Å². The Morgan fingerprint density at radius 2 is 1.54 bits per heavy atom. The molecule has 146 valence electrons. The van der Waals surface area contributed by atoms with Gasteiger partial charge in [0.15, 0.2) is 0 Å². The summed E-state index contributed by atoms with van der Waals surface area (Å²) in [5.74, 6) is 0.0676. The molecule has 1 heterocycles. The molecule has 0 unspecified atom stereocenters. The fourth-order valence-corrected chi connectivity index (χ4v) is 3.42. The number of rotatable bonds is 6. The maximum atomic E-state index is 12.2. The number of nitrogens with two attached hydrogens (primary N) is 1. The van der Waals surface area contributed by atoms with Crippen LogP contribution in [0.15, 0.2) is 0 Å². The van der Waals surface area contributed by atoms with Gasteiger partial charge in [0.1, 0.15) is 0 Å². The van der Waals surface area contributed by atoms with Gasteiger partial charge in [0.25, 0.3) is 0 Å². The Bertz CT molecular complexity index is 333. The van der Waals surface area contributed by atoms with Crippen molar-refractivity contribution >= 4 is 43.1 Å². The number of halogens is 3. The van der Waals surface area contributed by atoms with Crippen molar-refractivity contribution in [2.75, 3.05) is 45.8 Å². The van der Waals surface area contributed by atoms with Gasteiger partial charge < -0.3 is 20.9 Å². The lowest BCUT2D eigenvalue weighted by Crippen LogP contribution is -2.55. The molecule has 0 atom stereocenters. The summed E-state index contributed by atoms with van der Waals surface area (Å²) in [6.45, 7) is 9.87. The molecule has 2 fully saturated rings. The Hall–Kier alpha value is 0.220. The van der Waals surface area contributed by atoms with Crippen molar-refractivity contribution in [3.63, 3.8) is 0 Å². The third kappa shape index (κ3) is 8.07. The summed E-state index contributed by atoms with van der Waals surface area (Å²) < 4.78 is 0. The Morgan fingerprint density at radius 1 is 1.00 bits per heavy atom. The molecule has 8 heteroatoms. The predicted octanol–water partition coefficient (Wildman–Crippen LogP) is 2.06. The minimum atomic E-state index is -0.592. The van der Waals surface area contributed by atoms with Crippen molar-refractivity contribution in [3.05, 3.63) is 0 Å². The van der Waals surface area contributed by atoms with Gasteiger partial charge in [0.2, 0.25) is 5.91 Å². The van der Waals surface area contributed by atoms with E-state index in [0.717, 1.165) is 64.8 Å². The van der Waals surface area contributed by atoms with Crippen LogP contribution in [0.2, 0.25) is 0 Å². The number of hydrogen-bond acceptors (Lipinski definition) is 4. The van der Waals surface area contributed by atoms with Gasteiger partial charge in [0, 0.05) is 32.7 Å². The number of likely N-dealkylation sites (N-methyl/N-ethyl adjacent to an activating group) is 1. The molecule has 1 aliphatic heterocycles. The van der Waals surface area contributed by atoms with E-state index in [2.05, 4.69) is 22.0 Å². The zero-order valence-corrected chi connectivity index (χ0v) is 17.2. The standard InChI is InChI=1S/C16H32N4O.3ClH/c1-2-19-11-13-20(14-12-19)10-6-9-18-15(21)16(17)7-4-3-5-8-16;;;/h2-14,17H2,1H3,(H,18,21);3*1H. The molecular formula is C16H35Cl3N4O. The maximum Gasteiger partial charge on any atom is 0.240 e. The first-order valence-electron chi connectivity index (χ1n) is 8.66. The first-order chi connectivity index (χ1) is 10.1. The lowest BCUT2D eigenvalue weighted by atomic mass is 9.82.